The SMILES string of the molecule is O=C(NC1CCN(c2ccccn2)CC1)c1nn(-c2ccc(Cl)cc2Cl)c2c1CCC/C2=C\c1ccc(Cl)cc1. The highest BCUT2D eigenvalue weighted by atomic mass is 35.5. The van der Waals surface area contributed by atoms with Crippen molar-refractivity contribution in [1.82, 2.24) is 20.1 Å². The van der Waals surface area contributed by atoms with Gasteiger partial charge in [-0.1, -0.05) is 53.0 Å². The number of hydrogen-bond donors (Lipinski definition) is 1. The van der Waals surface area contributed by atoms with E-state index in [0.717, 1.165) is 73.4 Å². The minimum absolute atomic E-state index is 0.0695. The van der Waals surface area contributed by atoms with Gasteiger partial charge in [0.05, 0.1) is 16.4 Å². The summed E-state index contributed by atoms with van der Waals surface area (Å²) in [6, 6.07) is 19.1. The van der Waals surface area contributed by atoms with E-state index in [0.29, 0.717) is 26.4 Å². The number of nitrogens with one attached hydrogen (secondary N) is 1. The number of halogens is 3. The molecule has 1 aliphatic carbocycles. The van der Waals surface area contributed by atoms with Crippen molar-refractivity contribution < 1.29 is 4.79 Å². The molecule has 204 valence electrons. The molecule has 40 heavy (non-hydrogen) atoms. The van der Waals surface area contributed by atoms with E-state index in [1.807, 2.05) is 59.4 Å². The van der Waals surface area contributed by atoms with Crippen LogP contribution in [0.25, 0.3) is 17.3 Å². The number of aromatic nitrogens is 3. The Hall–Kier alpha value is -3.32. The molecule has 9 heteroatoms. The van der Waals surface area contributed by atoms with Crippen molar-refractivity contribution in [3.05, 3.63) is 104 Å². The number of anilines is 1. The van der Waals surface area contributed by atoms with Gasteiger partial charge in [0.15, 0.2) is 5.69 Å². The molecule has 0 spiro atoms. The number of fused-ring (bicyclic) bond motifs is 1. The maximum Gasteiger partial charge on any atom is 0.272 e. The van der Waals surface area contributed by atoms with Gasteiger partial charge in [0.2, 0.25) is 0 Å². The molecule has 0 bridgehead atoms. The fraction of sp³-hybridized carbons (Fsp3) is 0.258. The first kappa shape index (κ1) is 26.9. The number of nitrogens with zero attached hydrogens (tertiary/aromatic N) is 4. The van der Waals surface area contributed by atoms with Crippen LogP contribution < -0.4 is 10.2 Å². The number of carbonyl (C=O) groups excluding carboxylic acids is 1. The molecular weight excluding hydrogens is 565 g/mol. The third kappa shape index (κ3) is 5.62. The topological polar surface area (TPSA) is 63.1 Å². The van der Waals surface area contributed by atoms with Crippen LogP contribution in [0.4, 0.5) is 5.82 Å². The zero-order valence-electron chi connectivity index (χ0n) is 21.8. The van der Waals surface area contributed by atoms with Crippen LogP contribution >= 0.6 is 34.8 Å². The lowest BCUT2D eigenvalue weighted by Crippen LogP contribution is -2.45. The Bertz CT molecular complexity index is 1560. The molecule has 3 heterocycles. The second-order valence-corrected chi connectivity index (χ2v) is 11.5. The molecule has 1 saturated heterocycles. The number of carbonyl (C=O) groups is 1. The highest BCUT2D eigenvalue weighted by Crippen LogP contribution is 2.38. The zero-order chi connectivity index (χ0) is 27.6. The lowest BCUT2D eigenvalue weighted by molar-refractivity contribution is 0.0924. The van der Waals surface area contributed by atoms with Crippen molar-refractivity contribution in [1.29, 1.82) is 0 Å². The molecule has 6 nitrogen and oxygen atoms in total. The Morgan fingerprint density at radius 1 is 0.950 bits per heavy atom. The third-order valence-electron chi connectivity index (χ3n) is 7.53. The number of rotatable bonds is 5. The van der Waals surface area contributed by atoms with Crippen LogP contribution in [0.3, 0.4) is 0 Å². The van der Waals surface area contributed by atoms with Crippen molar-refractivity contribution >= 4 is 58.2 Å². The van der Waals surface area contributed by atoms with Crippen molar-refractivity contribution in [2.75, 3.05) is 18.0 Å². The maximum absolute atomic E-state index is 13.7. The average molecular weight is 593 g/mol. The van der Waals surface area contributed by atoms with Crippen LogP contribution in [0, 0.1) is 0 Å². The molecule has 4 aromatic rings. The van der Waals surface area contributed by atoms with E-state index in [-0.39, 0.29) is 11.9 Å². The van der Waals surface area contributed by atoms with Crippen molar-refractivity contribution in [3.63, 3.8) is 0 Å². The maximum atomic E-state index is 13.7. The molecule has 2 aliphatic rings. The van der Waals surface area contributed by atoms with E-state index < -0.39 is 0 Å². The molecule has 2 aromatic carbocycles. The fourth-order valence-electron chi connectivity index (χ4n) is 5.55. The molecule has 1 amide bonds. The minimum Gasteiger partial charge on any atom is -0.356 e. The highest BCUT2D eigenvalue weighted by Gasteiger charge is 2.31. The van der Waals surface area contributed by atoms with Crippen LogP contribution in [0.2, 0.25) is 15.1 Å². The molecule has 0 unspecified atom stereocenters. The number of allylic oxidation sites excluding steroid dienone is 1. The molecule has 1 fully saturated rings. The van der Waals surface area contributed by atoms with Crippen molar-refractivity contribution in [2.24, 2.45) is 0 Å². The van der Waals surface area contributed by atoms with Gasteiger partial charge in [-0.3, -0.25) is 4.79 Å². The number of amides is 1. The molecule has 0 radical (unpaired) electrons. The Morgan fingerprint density at radius 3 is 2.45 bits per heavy atom. The van der Waals surface area contributed by atoms with E-state index in [4.69, 9.17) is 39.9 Å². The number of pyridine rings is 1. The average Bonchev–Trinajstić information content (AvgIpc) is 3.36. The molecule has 6 rings (SSSR count). The molecule has 1 aliphatic heterocycles. The van der Waals surface area contributed by atoms with E-state index in [1.165, 1.54) is 0 Å². The molecule has 1 N–H and O–H groups in total. The predicted octanol–water partition coefficient (Wildman–Crippen LogP) is 7.50. The molecular formula is C31H28Cl3N5O. The first-order valence-electron chi connectivity index (χ1n) is 13.5. The molecule has 2 aromatic heterocycles. The summed E-state index contributed by atoms with van der Waals surface area (Å²) in [6.07, 6.45) is 8.19. The van der Waals surface area contributed by atoms with Gasteiger partial charge in [-0.15, -0.1) is 0 Å². The van der Waals surface area contributed by atoms with Crippen LogP contribution in [0.15, 0.2) is 66.9 Å². The van der Waals surface area contributed by atoms with E-state index in [1.54, 1.807) is 12.1 Å². The predicted molar refractivity (Wildman–Crippen MR) is 163 cm³/mol. The fourth-order valence-corrected chi connectivity index (χ4v) is 6.16. The molecule has 0 saturated carbocycles. The normalized spacial score (nSPS) is 16.7. The number of hydrogen-bond acceptors (Lipinski definition) is 4. The van der Waals surface area contributed by atoms with Crippen molar-refractivity contribution in [3.8, 4) is 5.69 Å². The van der Waals surface area contributed by atoms with Crippen LogP contribution in [0.1, 0.15) is 53.0 Å². The summed E-state index contributed by atoms with van der Waals surface area (Å²) in [6.45, 7) is 1.67. The van der Waals surface area contributed by atoms with E-state index in [9.17, 15) is 4.79 Å². The smallest absolute Gasteiger partial charge is 0.272 e. The van der Waals surface area contributed by atoms with Gasteiger partial charge in [-0.2, -0.15) is 5.10 Å². The van der Waals surface area contributed by atoms with Gasteiger partial charge in [0, 0.05) is 40.9 Å². The Kier molecular flexibility index (Phi) is 7.83. The van der Waals surface area contributed by atoms with Crippen LogP contribution in [0.5, 0.6) is 0 Å². The Morgan fingerprint density at radius 2 is 1.73 bits per heavy atom. The van der Waals surface area contributed by atoms with E-state index in [2.05, 4.69) is 21.3 Å². The third-order valence-corrected chi connectivity index (χ3v) is 8.32. The Labute approximate surface area is 248 Å². The van der Waals surface area contributed by atoms with E-state index >= 15 is 0 Å². The second kappa shape index (κ2) is 11.7. The van der Waals surface area contributed by atoms with Crippen LogP contribution in [-0.2, 0) is 6.42 Å². The lowest BCUT2D eigenvalue weighted by atomic mass is 9.89. The van der Waals surface area contributed by atoms with Gasteiger partial charge >= 0.3 is 0 Å². The van der Waals surface area contributed by atoms with Gasteiger partial charge < -0.3 is 10.2 Å². The first-order valence-corrected chi connectivity index (χ1v) is 14.6. The Balaban J connectivity index is 1.32. The highest BCUT2D eigenvalue weighted by molar-refractivity contribution is 6.35. The van der Waals surface area contributed by atoms with Gasteiger partial charge in [0.25, 0.3) is 5.91 Å². The summed E-state index contributed by atoms with van der Waals surface area (Å²) >= 11 is 19.0. The summed E-state index contributed by atoms with van der Waals surface area (Å²) < 4.78 is 1.81. The quantitative estimate of drug-likeness (QED) is 0.261. The monoisotopic (exact) mass is 591 g/mol. The van der Waals surface area contributed by atoms with Gasteiger partial charge in [-0.25, -0.2) is 9.67 Å². The second-order valence-electron chi connectivity index (χ2n) is 10.2. The standard InChI is InChI=1S/C31H28Cl3N5O/c32-22-9-7-20(8-10-22)18-21-4-3-5-25-29(37-39(30(21)25)27-12-11-23(33)19-26(27)34)31(40)36-24-13-16-38(17-14-24)28-6-1-2-15-35-28/h1-2,6-12,15,18-19,24H,3-5,13-14,16-17H2,(H,36,40)/b21-18+. The lowest BCUT2D eigenvalue weighted by Gasteiger charge is -2.33. The zero-order valence-corrected chi connectivity index (χ0v) is 24.1. The summed E-state index contributed by atoms with van der Waals surface area (Å²) in [5, 5.41) is 9.86. The summed E-state index contributed by atoms with van der Waals surface area (Å²) in [5.41, 5.74) is 5.14. The van der Waals surface area contributed by atoms with Crippen LogP contribution in [-0.4, -0.2) is 39.8 Å². The number of benzene rings is 2. The first-order chi connectivity index (χ1) is 19.5. The molecule has 0 atom stereocenters. The summed E-state index contributed by atoms with van der Waals surface area (Å²) in [5.74, 6) is 0.823. The van der Waals surface area contributed by atoms with Crippen molar-refractivity contribution in [2.45, 2.75) is 38.1 Å². The summed E-state index contributed by atoms with van der Waals surface area (Å²) in [4.78, 5) is 20.4. The van der Waals surface area contributed by atoms with Gasteiger partial charge in [0.1, 0.15) is 5.82 Å². The van der Waals surface area contributed by atoms with Gasteiger partial charge in [-0.05, 0) is 91.8 Å². The minimum atomic E-state index is -0.149. The number of piperidine rings is 1. The largest absolute Gasteiger partial charge is 0.356 e. The summed E-state index contributed by atoms with van der Waals surface area (Å²) in [7, 11) is 0.